The third kappa shape index (κ3) is 3.78. The Hall–Kier alpha value is -2.73. The van der Waals surface area contributed by atoms with Crippen molar-refractivity contribution in [2.45, 2.75) is 6.61 Å². The van der Waals surface area contributed by atoms with Crippen molar-refractivity contribution >= 4 is 5.78 Å². The summed E-state index contributed by atoms with van der Waals surface area (Å²) in [6.45, 7) is 0.0997. The van der Waals surface area contributed by atoms with Crippen molar-refractivity contribution in [2.75, 3.05) is 27.9 Å². The summed E-state index contributed by atoms with van der Waals surface area (Å²) in [4.78, 5) is 12.1. The van der Waals surface area contributed by atoms with Crippen molar-refractivity contribution in [3.63, 3.8) is 0 Å². The van der Waals surface area contributed by atoms with E-state index in [1.54, 1.807) is 0 Å². The lowest BCUT2D eigenvalue weighted by molar-refractivity contribution is 0.0841. The van der Waals surface area contributed by atoms with Gasteiger partial charge in [-0.15, -0.1) is 0 Å². The van der Waals surface area contributed by atoms with Gasteiger partial charge in [-0.05, 0) is 5.56 Å². The number of carbonyl (C=O) groups excluding carboxylic acids is 1. The molecule has 128 valence electrons. The number of hydrogen-bond acceptors (Lipinski definition) is 6. The molecule has 0 aliphatic heterocycles. The van der Waals surface area contributed by atoms with Crippen molar-refractivity contribution in [3.05, 3.63) is 47.5 Å². The number of phenols is 1. The first-order chi connectivity index (χ1) is 11.6. The average molecular weight is 332 g/mol. The van der Waals surface area contributed by atoms with Crippen LogP contribution in [0.25, 0.3) is 0 Å². The number of phenolic OH excluding ortho intramolecular Hbond substituents is 1. The minimum absolute atomic E-state index is 0.00302. The third-order valence-electron chi connectivity index (χ3n) is 3.40. The number of ether oxygens (including phenoxy) is 4. The Morgan fingerprint density at radius 1 is 1.04 bits per heavy atom. The molecule has 0 saturated carbocycles. The van der Waals surface area contributed by atoms with Gasteiger partial charge in [0.2, 0.25) is 5.75 Å². The van der Waals surface area contributed by atoms with Crippen LogP contribution in [0.2, 0.25) is 0 Å². The van der Waals surface area contributed by atoms with Crippen LogP contribution in [0.3, 0.4) is 0 Å². The van der Waals surface area contributed by atoms with Gasteiger partial charge in [-0.1, -0.05) is 30.3 Å². The molecule has 0 aromatic heterocycles. The van der Waals surface area contributed by atoms with Gasteiger partial charge >= 0.3 is 0 Å². The third-order valence-corrected chi connectivity index (χ3v) is 3.40. The normalized spacial score (nSPS) is 10.3. The zero-order valence-corrected chi connectivity index (χ0v) is 13.9. The van der Waals surface area contributed by atoms with Gasteiger partial charge in [0, 0.05) is 13.2 Å². The summed E-state index contributed by atoms with van der Waals surface area (Å²) in [7, 11) is 4.20. The molecule has 2 rings (SSSR count). The Bertz CT molecular complexity index is 696. The SMILES string of the molecule is COCC(=O)c1c(OC)cc(OCc2ccccc2)c(OC)c1O. The van der Waals surface area contributed by atoms with Crippen LogP contribution < -0.4 is 14.2 Å². The maximum atomic E-state index is 12.1. The molecule has 6 nitrogen and oxygen atoms in total. The van der Waals surface area contributed by atoms with E-state index < -0.39 is 5.78 Å². The molecule has 0 atom stereocenters. The van der Waals surface area contributed by atoms with Gasteiger partial charge in [-0.2, -0.15) is 0 Å². The highest BCUT2D eigenvalue weighted by atomic mass is 16.5. The fourth-order valence-electron chi connectivity index (χ4n) is 2.28. The zero-order valence-electron chi connectivity index (χ0n) is 13.9. The van der Waals surface area contributed by atoms with E-state index >= 15 is 0 Å². The lowest BCUT2D eigenvalue weighted by Crippen LogP contribution is -2.10. The fourth-order valence-corrected chi connectivity index (χ4v) is 2.28. The Balaban J connectivity index is 2.38. The lowest BCUT2D eigenvalue weighted by atomic mass is 10.1. The summed E-state index contributed by atoms with van der Waals surface area (Å²) in [5.41, 5.74) is 0.959. The van der Waals surface area contributed by atoms with Crippen molar-refractivity contribution in [2.24, 2.45) is 0 Å². The van der Waals surface area contributed by atoms with Gasteiger partial charge < -0.3 is 24.1 Å². The van der Waals surface area contributed by atoms with Crippen LogP contribution in [-0.4, -0.2) is 38.8 Å². The molecule has 0 aliphatic rings. The second-order valence-corrected chi connectivity index (χ2v) is 4.96. The van der Waals surface area contributed by atoms with E-state index in [1.165, 1.54) is 27.4 Å². The Morgan fingerprint density at radius 3 is 2.33 bits per heavy atom. The molecule has 0 saturated heterocycles. The summed E-state index contributed by atoms with van der Waals surface area (Å²) in [5.74, 6) is -0.198. The molecule has 0 fully saturated rings. The number of hydrogen-bond donors (Lipinski definition) is 1. The van der Waals surface area contributed by atoms with Gasteiger partial charge in [-0.25, -0.2) is 0 Å². The largest absolute Gasteiger partial charge is 0.504 e. The number of methoxy groups -OCH3 is 3. The highest BCUT2D eigenvalue weighted by Gasteiger charge is 2.25. The van der Waals surface area contributed by atoms with Crippen LogP contribution in [-0.2, 0) is 11.3 Å². The second kappa shape index (κ2) is 8.21. The Kier molecular flexibility index (Phi) is 6.03. The molecule has 0 amide bonds. The van der Waals surface area contributed by atoms with Crippen LogP contribution in [0.5, 0.6) is 23.0 Å². The molecule has 6 heteroatoms. The van der Waals surface area contributed by atoms with Crippen molar-refractivity contribution < 1.29 is 28.8 Å². The predicted molar refractivity (Wildman–Crippen MR) is 88.2 cm³/mol. The van der Waals surface area contributed by atoms with Crippen LogP contribution in [0.15, 0.2) is 36.4 Å². The number of rotatable bonds is 8. The van der Waals surface area contributed by atoms with Crippen LogP contribution >= 0.6 is 0 Å². The quantitative estimate of drug-likeness (QED) is 0.749. The summed E-state index contributed by atoms with van der Waals surface area (Å²) in [6.07, 6.45) is 0. The smallest absolute Gasteiger partial charge is 0.204 e. The summed E-state index contributed by atoms with van der Waals surface area (Å²) in [6, 6.07) is 11.1. The number of ketones is 1. The van der Waals surface area contributed by atoms with Crippen molar-refractivity contribution in [1.29, 1.82) is 0 Å². The van der Waals surface area contributed by atoms with Crippen molar-refractivity contribution in [3.8, 4) is 23.0 Å². The van der Waals surface area contributed by atoms with Gasteiger partial charge in [-0.3, -0.25) is 4.79 Å². The zero-order chi connectivity index (χ0) is 17.5. The molecule has 24 heavy (non-hydrogen) atoms. The number of Topliss-reactive ketones (excluding diaryl/α,β-unsaturated/α-hetero) is 1. The van der Waals surface area contributed by atoms with E-state index in [4.69, 9.17) is 18.9 Å². The monoisotopic (exact) mass is 332 g/mol. The van der Waals surface area contributed by atoms with Crippen molar-refractivity contribution in [1.82, 2.24) is 0 Å². The molecule has 0 unspecified atom stereocenters. The van der Waals surface area contributed by atoms with Gasteiger partial charge in [0.1, 0.15) is 24.5 Å². The summed E-state index contributed by atoms with van der Waals surface area (Å²) < 4.78 is 21.0. The molecule has 0 heterocycles. The van der Waals surface area contributed by atoms with E-state index in [0.717, 1.165) is 5.56 Å². The van der Waals surface area contributed by atoms with E-state index in [-0.39, 0.29) is 41.8 Å². The summed E-state index contributed by atoms with van der Waals surface area (Å²) in [5, 5.41) is 10.4. The van der Waals surface area contributed by atoms with Crippen LogP contribution in [0.4, 0.5) is 0 Å². The first-order valence-corrected chi connectivity index (χ1v) is 7.29. The van der Waals surface area contributed by atoms with Gasteiger partial charge in [0.05, 0.1) is 14.2 Å². The van der Waals surface area contributed by atoms with Crippen LogP contribution in [0.1, 0.15) is 15.9 Å². The molecule has 0 spiro atoms. The lowest BCUT2D eigenvalue weighted by Gasteiger charge is -2.17. The Morgan fingerprint density at radius 2 is 1.75 bits per heavy atom. The number of benzene rings is 2. The molecule has 0 aliphatic carbocycles. The van der Waals surface area contributed by atoms with E-state index in [0.29, 0.717) is 0 Å². The maximum Gasteiger partial charge on any atom is 0.204 e. The molecule has 0 bridgehead atoms. The number of carbonyl (C=O) groups is 1. The van der Waals surface area contributed by atoms with E-state index in [1.807, 2.05) is 30.3 Å². The fraction of sp³-hybridized carbons (Fsp3) is 0.278. The highest BCUT2D eigenvalue weighted by molar-refractivity contribution is 6.03. The molecule has 0 radical (unpaired) electrons. The molecule has 2 aromatic rings. The minimum Gasteiger partial charge on any atom is -0.504 e. The molecular formula is C18H20O6. The van der Waals surface area contributed by atoms with E-state index in [9.17, 15) is 9.90 Å². The number of aromatic hydroxyl groups is 1. The Labute approximate surface area is 140 Å². The first kappa shape index (κ1) is 17.6. The maximum absolute atomic E-state index is 12.1. The predicted octanol–water partition coefficient (Wildman–Crippen LogP) is 2.82. The van der Waals surface area contributed by atoms with Crippen LogP contribution in [0, 0.1) is 0 Å². The molecule has 1 N–H and O–H groups in total. The first-order valence-electron chi connectivity index (χ1n) is 7.29. The average Bonchev–Trinajstić information content (AvgIpc) is 2.60. The standard InChI is InChI=1S/C18H20O6/c1-21-11-13(19)16-14(22-2)9-15(18(23-3)17(16)20)24-10-12-7-5-4-6-8-12/h4-9,20H,10-11H2,1-3H3. The molecule has 2 aromatic carbocycles. The van der Waals surface area contributed by atoms with E-state index in [2.05, 4.69) is 0 Å². The highest BCUT2D eigenvalue weighted by Crippen LogP contribution is 2.44. The van der Waals surface area contributed by atoms with Gasteiger partial charge in [0.25, 0.3) is 0 Å². The summed E-state index contributed by atoms with van der Waals surface area (Å²) >= 11 is 0. The minimum atomic E-state index is -0.417. The topological polar surface area (TPSA) is 74.2 Å². The second-order valence-electron chi connectivity index (χ2n) is 4.96. The molecular weight excluding hydrogens is 312 g/mol. The van der Waals surface area contributed by atoms with Gasteiger partial charge in [0.15, 0.2) is 17.3 Å².